The third-order valence-electron chi connectivity index (χ3n) is 6.46. The van der Waals surface area contributed by atoms with Crippen molar-refractivity contribution in [1.82, 2.24) is 0 Å². The number of fused-ring (bicyclic) bond motifs is 1. The van der Waals surface area contributed by atoms with Gasteiger partial charge >= 0.3 is 18.3 Å². The number of alkyl halides is 6. The van der Waals surface area contributed by atoms with Crippen molar-refractivity contribution < 1.29 is 40.3 Å². The van der Waals surface area contributed by atoms with E-state index in [0.717, 1.165) is 44.0 Å². The lowest BCUT2D eigenvalue weighted by Gasteiger charge is -2.31. The minimum Gasteiger partial charge on any atom is -0.465 e. The molecule has 3 rings (SSSR count). The van der Waals surface area contributed by atoms with Crippen molar-refractivity contribution in [2.45, 2.75) is 70.6 Å². The molecule has 0 bridgehead atoms. The molecule has 1 heterocycles. The summed E-state index contributed by atoms with van der Waals surface area (Å²) in [5.41, 5.74) is -2.33. The predicted molar refractivity (Wildman–Crippen MR) is 141 cm³/mol. The number of esters is 1. The fourth-order valence-electron chi connectivity index (χ4n) is 3.85. The highest BCUT2D eigenvalue weighted by Crippen LogP contribution is 2.44. The average molecular weight is 575 g/mol. The Balaban J connectivity index is 1.85. The Morgan fingerprint density at radius 1 is 1.00 bits per heavy atom. The summed E-state index contributed by atoms with van der Waals surface area (Å²) in [4.78, 5) is 12.2. The van der Waals surface area contributed by atoms with Crippen LogP contribution in [0, 0.1) is 11.3 Å². The number of ether oxygens (including phenoxy) is 1. The summed E-state index contributed by atoms with van der Waals surface area (Å²) in [7, 11) is 0. The Morgan fingerprint density at radius 2 is 1.72 bits per heavy atom. The number of thioether (sulfide) groups is 1. The molecule has 10 heteroatoms. The van der Waals surface area contributed by atoms with Crippen LogP contribution < -0.4 is 0 Å². The quantitative estimate of drug-likeness (QED) is 0.0989. The van der Waals surface area contributed by atoms with E-state index in [0.29, 0.717) is 22.3 Å². The molecule has 2 aromatic carbocycles. The van der Waals surface area contributed by atoms with Gasteiger partial charge in [-0.05, 0) is 55.7 Å². The molecular formula is C29H32F6O3S. The van der Waals surface area contributed by atoms with Gasteiger partial charge in [-0.1, -0.05) is 45.7 Å². The van der Waals surface area contributed by atoms with E-state index in [-0.39, 0.29) is 16.9 Å². The molecule has 0 fully saturated rings. The normalized spacial score (nSPS) is 14.1. The molecule has 214 valence electrons. The van der Waals surface area contributed by atoms with Crippen molar-refractivity contribution in [3.05, 3.63) is 53.6 Å². The maximum Gasteiger partial charge on any atom is 0.417 e. The number of aryl methyl sites for hydroxylation is 1. The molecule has 1 atom stereocenters. The van der Waals surface area contributed by atoms with Gasteiger partial charge < -0.3 is 9.15 Å². The summed E-state index contributed by atoms with van der Waals surface area (Å²) in [6.07, 6.45) is -5.98. The van der Waals surface area contributed by atoms with Crippen molar-refractivity contribution in [2.75, 3.05) is 12.4 Å². The monoisotopic (exact) mass is 574 g/mol. The van der Waals surface area contributed by atoms with Crippen LogP contribution in [0.25, 0.3) is 22.3 Å². The van der Waals surface area contributed by atoms with Crippen LogP contribution in [0.3, 0.4) is 0 Å². The minimum atomic E-state index is -4.63. The number of carbonyl (C=O) groups is 1. The molecule has 1 aromatic heterocycles. The van der Waals surface area contributed by atoms with Gasteiger partial charge in [-0.2, -0.15) is 26.3 Å². The largest absolute Gasteiger partial charge is 0.465 e. The lowest BCUT2D eigenvalue weighted by Crippen LogP contribution is -2.42. The number of hydrogen-bond donors (Lipinski definition) is 0. The van der Waals surface area contributed by atoms with Gasteiger partial charge in [-0.3, -0.25) is 4.79 Å². The summed E-state index contributed by atoms with van der Waals surface area (Å²) in [5, 5.41) is 0.527. The van der Waals surface area contributed by atoms with Crippen LogP contribution in [0.5, 0.6) is 0 Å². The van der Waals surface area contributed by atoms with Gasteiger partial charge in [0, 0.05) is 21.6 Å². The lowest BCUT2D eigenvalue weighted by atomic mass is 9.94. The molecule has 39 heavy (non-hydrogen) atoms. The molecule has 3 aromatic rings. The smallest absolute Gasteiger partial charge is 0.417 e. The number of unbranched alkanes of at least 4 members (excludes halogenated alkanes) is 2. The van der Waals surface area contributed by atoms with E-state index in [1.807, 2.05) is 6.92 Å². The lowest BCUT2D eigenvalue weighted by molar-refractivity contribution is -0.224. The molecule has 0 radical (unpaired) electrons. The van der Waals surface area contributed by atoms with E-state index in [1.165, 1.54) is 32.0 Å². The summed E-state index contributed by atoms with van der Waals surface area (Å²) < 4.78 is 93.9. The molecule has 0 N–H and O–H groups in total. The van der Waals surface area contributed by atoms with Crippen LogP contribution in [-0.2, 0) is 22.1 Å². The van der Waals surface area contributed by atoms with E-state index >= 15 is 0 Å². The van der Waals surface area contributed by atoms with Crippen LogP contribution >= 0.6 is 11.8 Å². The first kappa shape index (κ1) is 30.9. The van der Waals surface area contributed by atoms with Crippen LogP contribution in [0.2, 0.25) is 0 Å². The number of hydrogen-bond acceptors (Lipinski definition) is 4. The zero-order valence-corrected chi connectivity index (χ0v) is 23.1. The van der Waals surface area contributed by atoms with Gasteiger partial charge in [0.1, 0.15) is 23.4 Å². The van der Waals surface area contributed by atoms with Crippen LogP contribution in [0.15, 0.2) is 51.8 Å². The zero-order chi connectivity index (χ0) is 29.0. The highest BCUT2D eigenvalue weighted by atomic mass is 32.2. The van der Waals surface area contributed by atoms with Crippen LogP contribution in [-0.4, -0.2) is 24.5 Å². The van der Waals surface area contributed by atoms with Gasteiger partial charge in [0.25, 0.3) is 0 Å². The second kappa shape index (κ2) is 12.3. The number of rotatable bonds is 11. The topological polar surface area (TPSA) is 39.4 Å². The third kappa shape index (κ3) is 7.74. The summed E-state index contributed by atoms with van der Waals surface area (Å²) >= 11 is 0.902. The summed E-state index contributed by atoms with van der Waals surface area (Å²) in [6.45, 7) is 5.27. The van der Waals surface area contributed by atoms with Crippen molar-refractivity contribution in [3.8, 4) is 11.3 Å². The van der Waals surface area contributed by atoms with E-state index in [1.54, 1.807) is 18.2 Å². The standard InChI is InChI=1S/C29H32F6O3S/c1-5-6-7-8-19-9-12-22(23(13-19)28(30,31)32)25-14-20-10-11-21(15-24(20)38-25)39-17-27(4,29(33,34)35)16-37-26(36)18(2)3/h9-15,18H,5-8,16-17H2,1-4H3. The van der Waals surface area contributed by atoms with E-state index in [9.17, 15) is 31.1 Å². The molecule has 0 saturated heterocycles. The number of halogens is 6. The van der Waals surface area contributed by atoms with Crippen LogP contribution in [0.1, 0.15) is 58.1 Å². The average Bonchev–Trinajstić information content (AvgIpc) is 3.28. The fraction of sp³-hybridized carbons (Fsp3) is 0.483. The Hall–Kier alpha value is -2.62. The first-order valence-electron chi connectivity index (χ1n) is 12.7. The van der Waals surface area contributed by atoms with Crippen LogP contribution in [0.4, 0.5) is 26.3 Å². The second-order valence-corrected chi connectivity index (χ2v) is 11.3. The number of benzene rings is 2. The van der Waals surface area contributed by atoms with Gasteiger partial charge in [-0.25, -0.2) is 0 Å². The molecular weight excluding hydrogens is 542 g/mol. The van der Waals surface area contributed by atoms with E-state index in [4.69, 9.17) is 9.15 Å². The zero-order valence-electron chi connectivity index (χ0n) is 22.3. The van der Waals surface area contributed by atoms with Gasteiger partial charge in [-0.15, -0.1) is 11.8 Å². The van der Waals surface area contributed by atoms with E-state index in [2.05, 4.69) is 0 Å². The fourth-order valence-corrected chi connectivity index (χ4v) is 4.94. The molecule has 0 aliphatic carbocycles. The predicted octanol–water partition coefficient (Wildman–Crippen LogP) is 9.71. The maximum atomic E-state index is 13.9. The van der Waals surface area contributed by atoms with Crippen molar-refractivity contribution in [2.24, 2.45) is 11.3 Å². The molecule has 0 spiro atoms. The van der Waals surface area contributed by atoms with Crippen molar-refractivity contribution in [1.29, 1.82) is 0 Å². The van der Waals surface area contributed by atoms with Gasteiger partial charge in [0.05, 0.1) is 11.5 Å². The number of carbonyl (C=O) groups excluding carboxylic acids is 1. The molecule has 0 amide bonds. The summed E-state index contributed by atoms with van der Waals surface area (Å²) in [6, 6.07) is 10.4. The van der Waals surface area contributed by atoms with Crippen molar-refractivity contribution >= 4 is 28.7 Å². The maximum absolute atomic E-state index is 13.9. The van der Waals surface area contributed by atoms with Crippen molar-refractivity contribution in [3.63, 3.8) is 0 Å². The van der Waals surface area contributed by atoms with Gasteiger partial charge in [0.2, 0.25) is 0 Å². The highest BCUT2D eigenvalue weighted by Gasteiger charge is 2.52. The molecule has 0 saturated carbocycles. The number of furan rings is 1. The summed E-state index contributed by atoms with van der Waals surface area (Å²) in [5.74, 6) is -1.67. The third-order valence-corrected chi connectivity index (χ3v) is 7.83. The first-order valence-corrected chi connectivity index (χ1v) is 13.7. The Morgan fingerprint density at radius 3 is 2.33 bits per heavy atom. The molecule has 1 unspecified atom stereocenters. The Labute approximate surface area is 228 Å². The Bertz CT molecular complexity index is 1280. The minimum absolute atomic E-state index is 0.0281. The van der Waals surface area contributed by atoms with Gasteiger partial charge in [0.15, 0.2) is 0 Å². The molecule has 0 aliphatic rings. The molecule has 0 aliphatic heterocycles. The highest BCUT2D eigenvalue weighted by molar-refractivity contribution is 7.99. The Kier molecular flexibility index (Phi) is 9.73. The van der Waals surface area contributed by atoms with E-state index < -0.39 is 47.6 Å². The SMILES string of the molecule is CCCCCc1ccc(-c2cc3ccc(SCC(C)(COC(=O)C(C)C)C(F)(F)F)cc3o2)c(C(F)(F)F)c1. The second-order valence-electron chi connectivity index (χ2n) is 10.3. The first-order chi connectivity index (χ1) is 18.1. The molecule has 3 nitrogen and oxygen atoms in total.